The molecule has 0 spiro atoms. The maximum atomic E-state index is 5.87. The van der Waals surface area contributed by atoms with Crippen molar-refractivity contribution in [2.45, 2.75) is 44.7 Å². The number of hydrogen-bond donors (Lipinski definition) is 2. The van der Waals surface area contributed by atoms with Gasteiger partial charge < -0.3 is 10.6 Å². The Bertz CT molecular complexity index is 414. The van der Waals surface area contributed by atoms with Crippen molar-refractivity contribution in [3.8, 4) is 0 Å². The molecule has 1 saturated carbocycles. The van der Waals surface area contributed by atoms with Gasteiger partial charge in [-0.25, -0.2) is 0 Å². The molecular formula is C15H23ClIN3. The van der Waals surface area contributed by atoms with Crippen molar-refractivity contribution < 1.29 is 0 Å². The van der Waals surface area contributed by atoms with Crippen LogP contribution in [-0.4, -0.2) is 19.0 Å². The van der Waals surface area contributed by atoms with Gasteiger partial charge in [-0.3, -0.25) is 4.99 Å². The third-order valence-corrected chi connectivity index (χ3v) is 3.79. The van der Waals surface area contributed by atoms with Crippen LogP contribution in [0.4, 0.5) is 0 Å². The second-order valence-electron chi connectivity index (χ2n) is 5.03. The number of benzene rings is 1. The first-order chi connectivity index (χ1) is 9.28. The number of rotatable bonds is 3. The molecule has 1 aromatic carbocycles. The smallest absolute Gasteiger partial charge is 0.191 e. The topological polar surface area (TPSA) is 36.4 Å². The van der Waals surface area contributed by atoms with E-state index in [1.165, 1.54) is 37.7 Å². The summed E-state index contributed by atoms with van der Waals surface area (Å²) < 4.78 is 0. The zero-order chi connectivity index (χ0) is 13.5. The number of nitrogens with one attached hydrogen (secondary N) is 2. The van der Waals surface area contributed by atoms with E-state index in [4.69, 9.17) is 11.6 Å². The second-order valence-corrected chi connectivity index (χ2v) is 5.47. The van der Waals surface area contributed by atoms with E-state index < -0.39 is 0 Å². The van der Waals surface area contributed by atoms with Crippen LogP contribution in [0.1, 0.15) is 37.7 Å². The first-order valence-electron chi connectivity index (χ1n) is 6.99. The first kappa shape index (κ1) is 17.6. The standard InChI is InChI=1S/C15H22ClN3.HI/c1-17-15(19-14-5-3-2-4-6-14)18-11-12-7-9-13(16)10-8-12;/h7-10,14H,2-6,11H2,1H3,(H2,17,18,19);1H. The molecule has 0 aliphatic heterocycles. The zero-order valence-corrected chi connectivity index (χ0v) is 14.9. The monoisotopic (exact) mass is 407 g/mol. The summed E-state index contributed by atoms with van der Waals surface area (Å²) in [5.74, 6) is 0.891. The van der Waals surface area contributed by atoms with Gasteiger partial charge in [0, 0.05) is 24.7 Å². The molecule has 5 heteroatoms. The molecule has 1 fully saturated rings. The summed E-state index contributed by atoms with van der Waals surface area (Å²) in [6.07, 6.45) is 6.52. The summed E-state index contributed by atoms with van der Waals surface area (Å²) in [6.45, 7) is 0.767. The molecule has 1 aromatic rings. The minimum atomic E-state index is 0. The summed E-state index contributed by atoms with van der Waals surface area (Å²) >= 11 is 5.87. The van der Waals surface area contributed by atoms with E-state index in [1.54, 1.807) is 0 Å². The molecule has 0 heterocycles. The first-order valence-corrected chi connectivity index (χ1v) is 7.37. The van der Waals surface area contributed by atoms with Crippen molar-refractivity contribution in [3.05, 3.63) is 34.9 Å². The molecule has 2 rings (SSSR count). The fourth-order valence-corrected chi connectivity index (χ4v) is 2.55. The lowest BCUT2D eigenvalue weighted by Gasteiger charge is -2.24. The number of hydrogen-bond acceptors (Lipinski definition) is 1. The molecule has 0 unspecified atom stereocenters. The van der Waals surface area contributed by atoms with Crippen molar-refractivity contribution >= 4 is 41.5 Å². The van der Waals surface area contributed by atoms with E-state index in [2.05, 4.69) is 15.6 Å². The van der Waals surface area contributed by atoms with Gasteiger partial charge in [0.2, 0.25) is 0 Å². The lowest BCUT2D eigenvalue weighted by Crippen LogP contribution is -2.43. The molecule has 0 amide bonds. The summed E-state index contributed by atoms with van der Waals surface area (Å²) in [4.78, 5) is 4.28. The fraction of sp³-hybridized carbons (Fsp3) is 0.533. The van der Waals surface area contributed by atoms with Gasteiger partial charge in [0.15, 0.2) is 5.96 Å². The average Bonchev–Trinajstić information content (AvgIpc) is 2.46. The molecule has 3 nitrogen and oxygen atoms in total. The molecule has 20 heavy (non-hydrogen) atoms. The van der Waals surface area contributed by atoms with Gasteiger partial charge in [-0.1, -0.05) is 43.0 Å². The quantitative estimate of drug-likeness (QED) is 0.452. The lowest BCUT2D eigenvalue weighted by atomic mass is 9.96. The van der Waals surface area contributed by atoms with Gasteiger partial charge >= 0.3 is 0 Å². The molecule has 0 atom stereocenters. The van der Waals surface area contributed by atoms with Crippen LogP contribution >= 0.6 is 35.6 Å². The van der Waals surface area contributed by atoms with E-state index in [0.29, 0.717) is 6.04 Å². The normalized spacial score (nSPS) is 16.4. The van der Waals surface area contributed by atoms with Gasteiger partial charge in [0.25, 0.3) is 0 Å². The number of guanidine groups is 1. The summed E-state index contributed by atoms with van der Waals surface area (Å²) in [6, 6.07) is 8.46. The SMILES string of the molecule is CN=C(NCc1ccc(Cl)cc1)NC1CCCCC1.I. The molecule has 2 N–H and O–H groups in total. The van der Waals surface area contributed by atoms with E-state index in [-0.39, 0.29) is 24.0 Å². The zero-order valence-electron chi connectivity index (χ0n) is 11.9. The Hall–Kier alpha value is -0.490. The Labute approximate surface area is 143 Å². The minimum Gasteiger partial charge on any atom is -0.354 e. The van der Waals surface area contributed by atoms with Gasteiger partial charge in [-0.15, -0.1) is 24.0 Å². The molecule has 1 aliphatic rings. The van der Waals surface area contributed by atoms with E-state index in [9.17, 15) is 0 Å². The minimum absolute atomic E-state index is 0. The maximum Gasteiger partial charge on any atom is 0.191 e. The molecule has 0 bridgehead atoms. The summed E-state index contributed by atoms with van der Waals surface area (Å²) in [5, 5.41) is 7.62. The van der Waals surface area contributed by atoms with Crippen LogP contribution in [-0.2, 0) is 6.54 Å². The number of nitrogens with zero attached hydrogens (tertiary/aromatic N) is 1. The average molecular weight is 408 g/mol. The second kappa shape index (κ2) is 9.45. The molecule has 0 saturated heterocycles. The Morgan fingerprint density at radius 1 is 1.20 bits per heavy atom. The molecule has 112 valence electrons. The third kappa shape index (κ3) is 5.87. The Morgan fingerprint density at radius 3 is 2.45 bits per heavy atom. The van der Waals surface area contributed by atoms with Crippen LogP contribution < -0.4 is 10.6 Å². The van der Waals surface area contributed by atoms with Crippen LogP contribution in [0.15, 0.2) is 29.3 Å². The van der Waals surface area contributed by atoms with E-state index in [1.807, 2.05) is 31.3 Å². The fourth-order valence-electron chi connectivity index (χ4n) is 2.42. The maximum absolute atomic E-state index is 5.87. The molecule has 1 aliphatic carbocycles. The lowest BCUT2D eigenvalue weighted by molar-refractivity contribution is 0.410. The summed E-state index contributed by atoms with van der Waals surface area (Å²) in [7, 11) is 1.82. The highest BCUT2D eigenvalue weighted by Gasteiger charge is 2.14. The summed E-state index contributed by atoms with van der Waals surface area (Å²) in [5.41, 5.74) is 1.20. The predicted octanol–water partition coefficient (Wildman–Crippen LogP) is 3.96. The van der Waals surface area contributed by atoms with E-state index in [0.717, 1.165) is 17.5 Å². The highest BCUT2D eigenvalue weighted by Crippen LogP contribution is 2.17. The number of halogens is 2. The Kier molecular flexibility index (Phi) is 8.30. The van der Waals surface area contributed by atoms with Crippen molar-refractivity contribution in [2.75, 3.05) is 7.05 Å². The van der Waals surface area contributed by atoms with Crippen molar-refractivity contribution in [1.82, 2.24) is 10.6 Å². The van der Waals surface area contributed by atoms with Gasteiger partial charge in [-0.05, 0) is 30.5 Å². The Morgan fingerprint density at radius 2 is 1.85 bits per heavy atom. The number of aliphatic imine (C=N–C) groups is 1. The van der Waals surface area contributed by atoms with Gasteiger partial charge in [0.1, 0.15) is 0 Å². The van der Waals surface area contributed by atoms with Crippen LogP contribution in [0, 0.1) is 0 Å². The van der Waals surface area contributed by atoms with Crippen molar-refractivity contribution in [3.63, 3.8) is 0 Å². The molecule has 0 aromatic heterocycles. The largest absolute Gasteiger partial charge is 0.354 e. The Balaban J connectivity index is 0.00000200. The van der Waals surface area contributed by atoms with Crippen molar-refractivity contribution in [1.29, 1.82) is 0 Å². The molecule has 0 radical (unpaired) electrons. The van der Waals surface area contributed by atoms with E-state index >= 15 is 0 Å². The van der Waals surface area contributed by atoms with Crippen molar-refractivity contribution in [2.24, 2.45) is 4.99 Å². The van der Waals surface area contributed by atoms with Gasteiger partial charge in [0.05, 0.1) is 0 Å². The molecular weight excluding hydrogens is 385 g/mol. The van der Waals surface area contributed by atoms with Crippen LogP contribution in [0.25, 0.3) is 0 Å². The highest BCUT2D eigenvalue weighted by atomic mass is 127. The van der Waals surface area contributed by atoms with Crippen LogP contribution in [0.3, 0.4) is 0 Å². The third-order valence-electron chi connectivity index (χ3n) is 3.54. The highest BCUT2D eigenvalue weighted by molar-refractivity contribution is 14.0. The van der Waals surface area contributed by atoms with Crippen LogP contribution in [0.2, 0.25) is 5.02 Å². The van der Waals surface area contributed by atoms with Crippen LogP contribution in [0.5, 0.6) is 0 Å². The predicted molar refractivity (Wildman–Crippen MR) is 97.1 cm³/mol. The van der Waals surface area contributed by atoms with Gasteiger partial charge in [-0.2, -0.15) is 0 Å².